The van der Waals surface area contributed by atoms with Crippen LogP contribution in [0, 0.1) is 15.9 Å². The van der Waals surface area contributed by atoms with Gasteiger partial charge in [0.25, 0.3) is 5.69 Å². The number of hydrogen-bond acceptors (Lipinski definition) is 7. The molecule has 0 radical (unpaired) electrons. The Kier molecular flexibility index (Phi) is 5.31. The Balaban J connectivity index is 1.53. The zero-order chi connectivity index (χ0) is 21.3. The molecule has 2 heterocycles. The number of benzene rings is 2. The molecule has 2 aromatic carbocycles. The maximum absolute atomic E-state index is 13.1. The maximum atomic E-state index is 13.1. The van der Waals surface area contributed by atoms with Crippen LogP contribution in [-0.4, -0.2) is 40.9 Å². The van der Waals surface area contributed by atoms with Gasteiger partial charge in [-0.3, -0.25) is 10.1 Å². The average molecular weight is 432 g/mol. The van der Waals surface area contributed by atoms with Crippen molar-refractivity contribution < 1.29 is 22.1 Å². The molecule has 0 saturated carbocycles. The Hall–Kier alpha value is -3.18. The van der Waals surface area contributed by atoms with Crippen molar-refractivity contribution in [3.8, 4) is 11.5 Å². The second kappa shape index (κ2) is 7.92. The number of aromatic nitrogens is 2. The van der Waals surface area contributed by atoms with E-state index in [0.717, 1.165) is 0 Å². The molecule has 1 fully saturated rings. The third kappa shape index (κ3) is 3.94. The molecule has 1 atom stereocenters. The minimum absolute atomic E-state index is 0.00807. The predicted molar refractivity (Wildman–Crippen MR) is 104 cm³/mol. The highest BCUT2D eigenvalue weighted by Crippen LogP contribution is 2.31. The zero-order valence-corrected chi connectivity index (χ0v) is 16.5. The molecule has 0 aliphatic carbocycles. The fourth-order valence-corrected chi connectivity index (χ4v) is 4.88. The van der Waals surface area contributed by atoms with Gasteiger partial charge in [0.1, 0.15) is 5.82 Å². The molecular formula is C19H17FN4O5S. The smallest absolute Gasteiger partial charge is 0.269 e. The molecule has 1 aliphatic heterocycles. The first-order valence-electron chi connectivity index (χ1n) is 9.18. The lowest BCUT2D eigenvalue weighted by Gasteiger charge is -2.30. The molecule has 0 N–H and O–H groups in total. The highest BCUT2D eigenvalue weighted by Gasteiger charge is 2.33. The monoisotopic (exact) mass is 432 g/mol. The molecule has 1 aromatic heterocycles. The number of hydrogen-bond donors (Lipinski definition) is 0. The van der Waals surface area contributed by atoms with Crippen molar-refractivity contribution in [1.82, 2.24) is 14.5 Å². The van der Waals surface area contributed by atoms with E-state index in [4.69, 9.17) is 4.42 Å². The predicted octanol–water partition coefficient (Wildman–Crippen LogP) is 3.35. The number of nitro benzene ring substituents is 1. The largest absolute Gasteiger partial charge is 0.420 e. The molecule has 30 heavy (non-hydrogen) atoms. The van der Waals surface area contributed by atoms with Crippen LogP contribution < -0.4 is 0 Å². The van der Waals surface area contributed by atoms with E-state index in [1.54, 1.807) is 0 Å². The highest BCUT2D eigenvalue weighted by atomic mass is 32.2. The number of sulfonamides is 1. The Morgan fingerprint density at radius 3 is 2.47 bits per heavy atom. The molecule has 9 nitrogen and oxygen atoms in total. The summed E-state index contributed by atoms with van der Waals surface area (Å²) in [5, 5.41) is 18.8. The van der Waals surface area contributed by atoms with Crippen molar-refractivity contribution in [3.05, 3.63) is 70.4 Å². The molecule has 0 amide bonds. The van der Waals surface area contributed by atoms with E-state index in [9.17, 15) is 22.9 Å². The molecule has 156 valence electrons. The third-order valence-corrected chi connectivity index (χ3v) is 6.83. The summed E-state index contributed by atoms with van der Waals surface area (Å²) in [6, 6.07) is 10.4. The van der Waals surface area contributed by atoms with E-state index in [1.165, 1.54) is 52.8 Å². The number of piperidine rings is 1. The van der Waals surface area contributed by atoms with Crippen molar-refractivity contribution >= 4 is 15.7 Å². The normalized spacial score (nSPS) is 17.7. The Labute approximate surface area is 171 Å². The molecule has 1 unspecified atom stereocenters. The van der Waals surface area contributed by atoms with E-state index < -0.39 is 14.9 Å². The summed E-state index contributed by atoms with van der Waals surface area (Å²) >= 11 is 0. The van der Waals surface area contributed by atoms with Gasteiger partial charge < -0.3 is 4.42 Å². The summed E-state index contributed by atoms with van der Waals surface area (Å²) < 4.78 is 46.0. The number of halogens is 1. The molecule has 11 heteroatoms. The van der Waals surface area contributed by atoms with E-state index in [0.29, 0.717) is 30.8 Å². The van der Waals surface area contributed by atoms with E-state index in [1.807, 2.05) is 0 Å². The fourth-order valence-electron chi connectivity index (χ4n) is 3.36. The van der Waals surface area contributed by atoms with Gasteiger partial charge in [0.2, 0.25) is 21.8 Å². The number of nitrogens with zero attached hydrogens (tertiary/aromatic N) is 4. The van der Waals surface area contributed by atoms with Gasteiger partial charge >= 0.3 is 0 Å². The quantitative estimate of drug-likeness (QED) is 0.448. The number of rotatable bonds is 5. The summed E-state index contributed by atoms with van der Waals surface area (Å²) in [6.45, 7) is 0.485. The van der Waals surface area contributed by atoms with Crippen LogP contribution in [0.25, 0.3) is 11.5 Å². The first-order chi connectivity index (χ1) is 14.3. The molecule has 3 aromatic rings. The molecule has 1 aliphatic rings. The standard InChI is InChI=1S/C19H17FN4O5S/c20-15-5-3-13(4-6-15)18-21-22-19(29-18)14-2-1-11-23(12-14)30(27,28)17-9-7-16(8-10-17)24(25)26/h3-10,14H,1-2,11-12H2. The molecule has 1 saturated heterocycles. The summed E-state index contributed by atoms with van der Waals surface area (Å²) in [5.74, 6) is -0.107. The SMILES string of the molecule is O=[N+]([O-])c1ccc(S(=O)(=O)N2CCCC(c3nnc(-c4ccc(F)cc4)o3)C2)cc1. The minimum atomic E-state index is -3.82. The molecular weight excluding hydrogens is 415 g/mol. The van der Waals surface area contributed by atoms with Crippen LogP contribution >= 0.6 is 0 Å². The van der Waals surface area contributed by atoms with Crippen LogP contribution in [0.1, 0.15) is 24.7 Å². The van der Waals surface area contributed by atoms with E-state index >= 15 is 0 Å². The lowest BCUT2D eigenvalue weighted by Crippen LogP contribution is -2.39. The highest BCUT2D eigenvalue weighted by molar-refractivity contribution is 7.89. The van der Waals surface area contributed by atoms with Crippen LogP contribution in [0.4, 0.5) is 10.1 Å². The van der Waals surface area contributed by atoms with Gasteiger partial charge in [-0.15, -0.1) is 10.2 Å². The zero-order valence-electron chi connectivity index (χ0n) is 15.6. The number of non-ortho nitro benzene ring substituents is 1. The van der Waals surface area contributed by atoms with Gasteiger partial charge in [0, 0.05) is 30.8 Å². The Morgan fingerprint density at radius 2 is 1.80 bits per heavy atom. The summed E-state index contributed by atoms with van der Waals surface area (Å²) in [7, 11) is -3.82. The van der Waals surface area contributed by atoms with Gasteiger partial charge in [-0.05, 0) is 49.2 Å². The van der Waals surface area contributed by atoms with E-state index in [2.05, 4.69) is 10.2 Å². The molecule has 0 bridgehead atoms. The van der Waals surface area contributed by atoms with E-state index in [-0.39, 0.29) is 34.8 Å². The summed E-state index contributed by atoms with van der Waals surface area (Å²) in [5.41, 5.74) is 0.394. The minimum Gasteiger partial charge on any atom is -0.420 e. The van der Waals surface area contributed by atoms with Crippen LogP contribution in [0.3, 0.4) is 0 Å². The topological polar surface area (TPSA) is 119 Å². The van der Waals surface area contributed by atoms with Crippen molar-refractivity contribution in [2.24, 2.45) is 0 Å². The van der Waals surface area contributed by atoms with Gasteiger partial charge in [0.15, 0.2) is 0 Å². The maximum Gasteiger partial charge on any atom is 0.269 e. The average Bonchev–Trinajstić information content (AvgIpc) is 3.25. The van der Waals surface area contributed by atoms with Crippen LogP contribution in [0.5, 0.6) is 0 Å². The van der Waals surface area contributed by atoms with Crippen molar-refractivity contribution in [2.75, 3.05) is 13.1 Å². The fraction of sp³-hybridized carbons (Fsp3) is 0.263. The van der Waals surface area contributed by atoms with Crippen molar-refractivity contribution in [2.45, 2.75) is 23.7 Å². The first-order valence-corrected chi connectivity index (χ1v) is 10.6. The lowest BCUT2D eigenvalue weighted by atomic mass is 10.00. The van der Waals surface area contributed by atoms with Crippen LogP contribution in [-0.2, 0) is 10.0 Å². The second-order valence-electron chi connectivity index (χ2n) is 6.91. The van der Waals surface area contributed by atoms with Gasteiger partial charge in [-0.2, -0.15) is 4.31 Å². The lowest BCUT2D eigenvalue weighted by molar-refractivity contribution is -0.384. The Bertz CT molecular complexity index is 1160. The first kappa shape index (κ1) is 20.1. The van der Waals surface area contributed by atoms with Gasteiger partial charge in [-0.1, -0.05) is 0 Å². The Morgan fingerprint density at radius 1 is 1.10 bits per heavy atom. The van der Waals surface area contributed by atoms with Crippen LogP contribution in [0.15, 0.2) is 57.8 Å². The van der Waals surface area contributed by atoms with Crippen molar-refractivity contribution in [1.29, 1.82) is 0 Å². The molecule has 4 rings (SSSR count). The molecule has 0 spiro atoms. The summed E-state index contributed by atoms with van der Waals surface area (Å²) in [4.78, 5) is 10.2. The van der Waals surface area contributed by atoms with Crippen molar-refractivity contribution in [3.63, 3.8) is 0 Å². The third-order valence-electron chi connectivity index (χ3n) is 4.95. The van der Waals surface area contributed by atoms with Gasteiger partial charge in [0.05, 0.1) is 15.7 Å². The summed E-state index contributed by atoms with van der Waals surface area (Å²) in [6.07, 6.45) is 1.28. The van der Waals surface area contributed by atoms with Gasteiger partial charge in [-0.25, -0.2) is 12.8 Å². The second-order valence-corrected chi connectivity index (χ2v) is 8.84. The van der Waals surface area contributed by atoms with Crippen LogP contribution in [0.2, 0.25) is 0 Å². The number of nitro groups is 1.